The number of rotatable bonds is 5. The first kappa shape index (κ1) is 14.1. The fraction of sp³-hybridized carbons (Fsp3) is 0.800. The summed E-state index contributed by atoms with van der Waals surface area (Å²) < 4.78 is 22.7. The van der Waals surface area contributed by atoms with Gasteiger partial charge in [0, 0.05) is 12.3 Å². The maximum Gasteiger partial charge on any atom is 0.246 e. The summed E-state index contributed by atoms with van der Waals surface area (Å²) >= 11 is 0. The Hall–Kier alpha value is -0.950. The molecule has 6 nitrogen and oxygen atoms in total. The van der Waals surface area contributed by atoms with Gasteiger partial charge in [0.05, 0.1) is 18.3 Å². The summed E-state index contributed by atoms with van der Waals surface area (Å²) in [6.07, 6.45) is 0.586. The minimum Gasteiger partial charge on any atom is -0.297 e. The van der Waals surface area contributed by atoms with Gasteiger partial charge in [-0.1, -0.05) is 13.8 Å². The number of carbonyl (C=O) groups excluding carboxylic acids is 2. The first-order chi connectivity index (χ1) is 7.91. The molecule has 0 aromatic heterocycles. The van der Waals surface area contributed by atoms with Gasteiger partial charge in [0.15, 0.2) is 9.84 Å². The van der Waals surface area contributed by atoms with Crippen LogP contribution in [0, 0.1) is 0 Å². The van der Waals surface area contributed by atoms with Crippen LogP contribution in [0.15, 0.2) is 0 Å². The lowest BCUT2D eigenvalue weighted by atomic mass is 10.1. The summed E-state index contributed by atoms with van der Waals surface area (Å²) in [5.74, 6) is -0.808. The van der Waals surface area contributed by atoms with E-state index < -0.39 is 9.84 Å². The standard InChI is InChI=1S/C10H18N2O4S/c1-3-8-10(14)12(9(13)7-11-8)5-6-17(15,16)4-2/h8,11H,3-7H2,1-2H3. The highest BCUT2D eigenvalue weighted by atomic mass is 32.2. The van der Waals surface area contributed by atoms with Crippen LogP contribution in [0.2, 0.25) is 0 Å². The predicted octanol–water partition coefficient (Wildman–Crippen LogP) is -0.842. The zero-order chi connectivity index (χ0) is 13.1. The summed E-state index contributed by atoms with van der Waals surface area (Å²) in [4.78, 5) is 24.4. The summed E-state index contributed by atoms with van der Waals surface area (Å²) in [7, 11) is -3.16. The maximum atomic E-state index is 11.8. The van der Waals surface area contributed by atoms with Gasteiger partial charge in [0.1, 0.15) is 0 Å². The lowest BCUT2D eigenvalue weighted by molar-refractivity contribution is -0.148. The van der Waals surface area contributed by atoms with Crippen LogP contribution in [0.25, 0.3) is 0 Å². The van der Waals surface area contributed by atoms with Crippen LogP contribution in [0.1, 0.15) is 20.3 Å². The van der Waals surface area contributed by atoms with Crippen LogP contribution in [-0.4, -0.2) is 55.8 Å². The number of sulfone groups is 1. The van der Waals surface area contributed by atoms with Crippen LogP contribution in [-0.2, 0) is 19.4 Å². The highest BCUT2D eigenvalue weighted by Crippen LogP contribution is 2.06. The highest BCUT2D eigenvalue weighted by molar-refractivity contribution is 7.91. The van der Waals surface area contributed by atoms with E-state index >= 15 is 0 Å². The topological polar surface area (TPSA) is 83.6 Å². The van der Waals surface area contributed by atoms with E-state index in [0.717, 1.165) is 4.90 Å². The monoisotopic (exact) mass is 262 g/mol. The average Bonchev–Trinajstić information content (AvgIpc) is 2.29. The Morgan fingerprint density at radius 3 is 2.53 bits per heavy atom. The molecule has 1 unspecified atom stereocenters. The van der Waals surface area contributed by atoms with Crippen molar-refractivity contribution in [3.05, 3.63) is 0 Å². The number of nitrogens with one attached hydrogen (secondary N) is 1. The average molecular weight is 262 g/mol. The van der Waals surface area contributed by atoms with Crippen LogP contribution in [0.3, 0.4) is 0 Å². The fourth-order valence-electron chi connectivity index (χ4n) is 1.63. The first-order valence-corrected chi connectivity index (χ1v) is 7.51. The fourth-order valence-corrected chi connectivity index (χ4v) is 2.38. The highest BCUT2D eigenvalue weighted by Gasteiger charge is 2.33. The molecule has 0 spiro atoms. The van der Waals surface area contributed by atoms with E-state index in [-0.39, 0.29) is 42.5 Å². The lowest BCUT2D eigenvalue weighted by Crippen LogP contribution is -2.58. The van der Waals surface area contributed by atoms with Crippen LogP contribution < -0.4 is 5.32 Å². The molecule has 7 heteroatoms. The largest absolute Gasteiger partial charge is 0.297 e. The molecule has 17 heavy (non-hydrogen) atoms. The third-order valence-corrected chi connectivity index (χ3v) is 4.52. The van der Waals surface area contributed by atoms with Crippen molar-refractivity contribution in [1.29, 1.82) is 0 Å². The number of imide groups is 1. The van der Waals surface area contributed by atoms with Gasteiger partial charge in [0.25, 0.3) is 0 Å². The Balaban J connectivity index is 2.67. The van der Waals surface area contributed by atoms with Crippen molar-refractivity contribution in [3.63, 3.8) is 0 Å². The molecule has 98 valence electrons. The third-order valence-electron chi connectivity index (χ3n) is 2.84. The van der Waals surface area contributed by atoms with Gasteiger partial charge in [-0.3, -0.25) is 19.8 Å². The van der Waals surface area contributed by atoms with E-state index in [1.54, 1.807) is 6.92 Å². The number of nitrogens with zero attached hydrogens (tertiary/aromatic N) is 1. The molecule has 0 aliphatic carbocycles. The van der Waals surface area contributed by atoms with Crippen LogP contribution in [0.4, 0.5) is 0 Å². The molecular weight excluding hydrogens is 244 g/mol. The van der Waals surface area contributed by atoms with Crippen molar-refractivity contribution < 1.29 is 18.0 Å². The van der Waals surface area contributed by atoms with E-state index in [1.807, 2.05) is 6.92 Å². The first-order valence-electron chi connectivity index (χ1n) is 5.69. The zero-order valence-electron chi connectivity index (χ0n) is 10.1. The van der Waals surface area contributed by atoms with Crippen molar-refractivity contribution in [1.82, 2.24) is 10.2 Å². The Labute approximate surface area is 101 Å². The molecular formula is C10H18N2O4S. The Bertz CT molecular complexity index is 405. The predicted molar refractivity (Wildman–Crippen MR) is 63.1 cm³/mol. The third kappa shape index (κ3) is 3.50. The summed E-state index contributed by atoms with van der Waals surface area (Å²) in [6, 6.07) is -0.378. The van der Waals surface area contributed by atoms with Gasteiger partial charge in [-0.2, -0.15) is 0 Å². The van der Waals surface area contributed by atoms with Gasteiger partial charge in [-0.15, -0.1) is 0 Å². The molecule has 0 aromatic rings. The molecule has 0 aromatic carbocycles. The SMILES string of the molecule is CCC1NCC(=O)N(CCS(=O)(=O)CC)C1=O. The van der Waals surface area contributed by atoms with Crippen molar-refractivity contribution in [3.8, 4) is 0 Å². The van der Waals surface area contributed by atoms with Crippen LogP contribution in [0.5, 0.6) is 0 Å². The molecule has 1 saturated heterocycles. The zero-order valence-corrected chi connectivity index (χ0v) is 10.9. The van der Waals surface area contributed by atoms with E-state index in [2.05, 4.69) is 5.32 Å². The van der Waals surface area contributed by atoms with Crippen LogP contribution >= 0.6 is 0 Å². The molecule has 1 rings (SSSR count). The van der Waals surface area contributed by atoms with Crippen molar-refractivity contribution in [2.75, 3.05) is 24.6 Å². The number of piperazine rings is 1. The Morgan fingerprint density at radius 2 is 2.00 bits per heavy atom. The number of amides is 2. The van der Waals surface area contributed by atoms with E-state index in [9.17, 15) is 18.0 Å². The van der Waals surface area contributed by atoms with E-state index in [1.165, 1.54) is 0 Å². The van der Waals surface area contributed by atoms with Crippen molar-refractivity contribution in [2.45, 2.75) is 26.3 Å². The van der Waals surface area contributed by atoms with Gasteiger partial charge in [-0.25, -0.2) is 8.42 Å². The molecule has 2 amide bonds. The molecule has 1 aliphatic heterocycles. The second kappa shape index (κ2) is 5.59. The number of carbonyl (C=O) groups is 2. The van der Waals surface area contributed by atoms with E-state index in [4.69, 9.17) is 0 Å². The maximum absolute atomic E-state index is 11.8. The molecule has 1 atom stereocenters. The summed E-state index contributed by atoms with van der Waals surface area (Å²) in [5.41, 5.74) is 0. The van der Waals surface area contributed by atoms with Gasteiger partial charge in [-0.05, 0) is 6.42 Å². The number of hydrogen-bond donors (Lipinski definition) is 1. The molecule has 1 fully saturated rings. The van der Waals surface area contributed by atoms with Crippen molar-refractivity contribution in [2.24, 2.45) is 0 Å². The van der Waals surface area contributed by atoms with Crippen molar-refractivity contribution >= 4 is 21.7 Å². The second-order valence-corrected chi connectivity index (χ2v) is 6.43. The molecule has 0 bridgehead atoms. The molecule has 1 heterocycles. The van der Waals surface area contributed by atoms with E-state index in [0.29, 0.717) is 6.42 Å². The quantitative estimate of drug-likeness (QED) is 0.653. The normalized spacial score (nSPS) is 22.0. The Morgan fingerprint density at radius 1 is 1.35 bits per heavy atom. The summed E-state index contributed by atoms with van der Waals surface area (Å²) in [6.45, 7) is 3.44. The molecule has 1 aliphatic rings. The molecule has 1 N–H and O–H groups in total. The van der Waals surface area contributed by atoms with Gasteiger partial charge in [0.2, 0.25) is 11.8 Å². The minimum atomic E-state index is -3.16. The number of hydrogen-bond acceptors (Lipinski definition) is 5. The molecule has 0 saturated carbocycles. The lowest BCUT2D eigenvalue weighted by Gasteiger charge is -2.30. The smallest absolute Gasteiger partial charge is 0.246 e. The van der Waals surface area contributed by atoms with Gasteiger partial charge >= 0.3 is 0 Å². The second-order valence-electron chi connectivity index (χ2n) is 3.96. The molecule has 0 radical (unpaired) electrons. The van der Waals surface area contributed by atoms with Gasteiger partial charge < -0.3 is 0 Å². The Kier molecular flexibility index (Phi) is 4.64. The summed E-state index contributed by atoms with van der Waals surface area (Å²) in [5, 5.41) is 2.82. The minimum absolute atomic E-state index is 0.0265.